The van der Waals surface area contributed by atoms with E-state index in [2.05, 4.69) is 4.57 Å². The number of benzene rings is 1. The zero-order chi connectivity index (χ0) is 10.4. The van der Waals surface area contributed by atoms with E-state index in [1.807, 2.05) is 31.3 Å². The minimum atomic E-state index is 0.105. The summed E-state index contributed by atoms with van der Waals surface area (Å²) < 4.78 is 7.63. The first-order valence-corrected chi connectivity index (χ1v) is 5.03. The molecule has 3 rings (SSSR count). The smallest absolute Gasteiger partial charge is 0.192 e. The van der Waals surface area contributed by atoms with Crippen LogP contribution in [0.1, 0.15) is 5.56 Å². The molecule has 3 nitrogen and oxygen atoms in total. The van der Waals surface area contributed by atoms with Crippen LogP contribution >= 0.6 is 0 Å². The van der Waals surface area contributed by atoms with Gasteiger partial charge in [0.1, 0.15) is 12.4 Å². The third-order valence-electron chi connectivity index (χ3n) is 2.83. The predicted octanol–water partition coefficient (Wildman–Crippen LogP) is 1.70. The van der Waals surface area contributed by atoms with Crippen molar-refractivity contribution in [2.75, 3.05) is 6.61 Å². The number of pyridine rings is 1. The van der Waals surface area contributed by atoms with E-state index >= 15 is 0 Å². The Morgan fingerprint density at radius 1 is 1.40 bits per heavy atom. The Morgan fingerprint density at radius 3 is 3.13 bits per heavy atom. The van der Waals surface area contributed by atoms with Crippen molar-refractivity contribution in [1.29, 1.82) is 0 Å². The Balaban J connectivity index is 2.58. The molecule has 3 heteroatoms. The van der Waals surface area contributed by atoms with Crippen LogP contribution in [0.4, 0.5) is 0 Å². The van der Waals surface area contributed by atoms with Crippen LogP contribution in [-0.4, -0.2) is 11.2 Å². The van der Waals surface area contributed by atoms with Crippen molar-refractivity contribution in [2.45, 2.75) is 13.5 Å². The van der Waals surface area contributed by atoms with E-state index in [-0.39, 0.29) is 5.43 Å². The summed E-state index contributed by atoms with van der Waals surface area (Å²) in [6.45, 7) is 3.34. The van der Waals surface area contributed by atoms with Crippen LogP contribution in [0.2, 0.25) is 0 Å². The fourth-order valence-corrected chi connectivity index (χ4v) is 2.12. The molecule has 0 saturated heterocycles. The van der Waals surface area contributed by atoms with Gasteiger partial charge in [0.25, 0.3) is 0 Å². The van der Waals surface area contributed by atoms with Crippen LogP contribution in [-0.2, 0) is 6.54 Å². The van der Waals surface area contributed by atoms with Crippen molar-refractivity contribution >= 4 is 10.9 Å². The van der Waals surface area contributed by atoms with Gasteiger partial charge in [-0.05, 0) is 19.1 Å². The summed E-state index contributed by atoms with van der Waals surface area (Å²) in [7, 11) is 0. The van der Waals surface area contributed by atoms with Gasteiger partial charge < -0.3 is 9.30 Å². The summed E-state index contributed by atoms with van der Waals surface area (Å²) in [6, 6.07) is 5.64. The molecular formula is C12H11NO2. The summed E-state index contributed by atoms with van der Waals surface area (Å²) in [5, 5.41) is 0.757. The van der Waals surface area contributed by atoms with Crippen molar-refractivity contribution < 1.29 is 4.74 Å². The topological polar surface area (TPSA) is 31.2 Å². The van der Waals surface area contributed by atoms with Gasteiger partial charge in [-0.3, -0.25) is 4.79 Å². The maximum atomic E-state index is 11.9. The van der Waals surface area contributed by atoms with E-state index in [4.69, 9.17) is 4.74 Å². The molecule has 76 valence electrons. The zero-order valence-corrected chi connectivity index (χ0v) is 8.49. The van der Waals surface area contributed by atoms with E-state index in [1.165, 1.54) is 0 Å². The number of rotatable bonds is 0. The highest BCUT2D eigenvalue weighted by molar-refractivity contribution is 5.85. The molecule has 0 bridgehead atoms. The first-order valence-electron chi connectivity index (χ1n) is 5.03. The fraction of sp³-hybridized carbons (Fsp3) is 0.250. The molecule has 0 atom stereocenters. The Bertz CT molecular complexity index is 598. The second kappa shape index (κ2) is 2.86. The highest BCUT2D eigenvalue weighted by atomic mass is 16.5. The lowest BCUT2D eigenvalue weighted by Crippen LogP contribution is -2.20. The summed E-state index contributed by atoms with van der Waals surface area (Å²) >= 11 is 0. The molecule has 0 amide bonds. The van der Waals surface area contributed by atoms with Crippen molar-refractivity contribution in [3.8, 4) is 5.75 Å². The lowest BCUT2D eigenvalue weighted by molar-refractivity contribution is 0.286. The second-order valence-corrected chi connectivity index (χ2v) is 3.84. The van der Waals surface area contributed by atoms with Gasteiger partial charge in [-0.1, -0.05) is 6.07 Å². The Morgan fingerprint density at radius 2 is 2.27 bits per heavy atom. The van der Waals surface area contributed by atoms with Gasteiger partial charge in [0.05, 0.1) is 12.1 Å². The second-order valence-electron chi connectivity index (χ2n) is 3.84. The molecule has 15 heavy (non-hydrogen) atoms. The van der Waals surface area contributed by atoms with E-state index in [1.54, 1.807) is 0 Å². The summed E-state index contributed by atoms with van der Waals surface area (Å²) in [6.07, 6.45) is 1.91. The number of nitrogens with zero attached hydrogens (tertiary/aromatic N) is 1. The summed E-state index contributed by atoms with van der Waals surface area (Å²) in [5.74, 6) is 0.816. The van der Waals surface area contributed by atoms with Gasteiger partial charge in [0, 0.05) is 17.1 Å². The van der Waals surface area contributed by atoms with E-state index in [9.17, 15) is 4.79 Å². The quantitative estimate of drug-likeness (QED) is 0.649. The van der Waals surface area contributed by atoms with Crippen LogP contribution in [0.5, 0.6) is 5.75 Å². The number of ether oxygens (including phenoxy) is 1. The van der Waals surface area contributed by atoms with Crippen molar-refractivity contribution in [2.24, 2.45) is 0 Å². The molecule has 1 aliphatic heterocycles. The average molecular weight is 201 g/mol. The Kier molecular flexibility index (Phi) is 1.63. The van der Waals surface area contributed by atoms with Gasteiger partial charge in [-0.2, -0.15) is 0 Å². The van der Waals surface area contributed by atoms with Crippen molar-refractivity contribution in [1.82, 2.24) is 4.57 Å². The molecule has 0 fully saturated rings. The largest absolute Gasteiger partial charge is 0.490 e. The monoisotopic (exact) mass is 201 g/mol. The number of aryl methyl sites for hydroxylation is 1. The highest BCUT2D eigenvalue weighted by Crippen LogP contribution is 2.26. The lowest BCUT2D eigenvalue weighted by Gasteiger charge is -2.20. The van der Waals surface area contributed by atoms with Gasteiger partial charge in [0.15, 0.2) is 5.43 Å². The van der Waals surface area contributed by atoms with Gasteiger partial charge in [0.2, 0.25) is 0 Å². The maximum Gasteiger partial charge on any atom is 0.192 e. The third-order valence-corrected chi connectivity index (χ3v) is 2.83. The van der Waals surface area contributed by atoms with Gasteiger partial charge in [-0.25, -0.2) is 0 Å². The molecule has 0 unspecified atom stereocenters. The van der Waals surface area contributed by atoms with Crippen LogP contribution < -0.4 is 10.2 Å². The molecule has 0 spiro atoms. The number of hydrogen-bond donors (Lipinski definition) is 0. The van der Waals surface area contributed by atoms with Crippen LogP contribution in [0, 0.1) is 6.92 Å². The SMILES string of the molecule is Cc1cn2c3c(cccc3c1=O)OCC2. The number of aromatic nitrogens is 1. The van der Waals surface area contributed by atoms with Crippen LogP contribution in [0.15, 0.2) is 29.2 Å². The maximum absolute atomic E-state index is 11.9. The summed E-state index contributed by atoms with van der Waals surface area (Å²) in [5.41, 5.74) is 1.83. The molecule has 1 aliphatic rings. The van der Waals surface area contributed by atoms with E-state index in [0.29, 0.717) is 6.61 Å². The van der Waals surface area contributed by atoms with E-state index < -0.39 is 0 Å². The molecule has 2 aromatic rings. The van der Waals surface area contributed by atoms with Crippen molar-refractivity contribution in [3.05, 3.63) is 40.2 Å². The normalized spacial score (nSPS) is 13.9. The average Bonchev–Trinajstić information content (AvgIpc) is 2.26. The highest BCUT2D eigenvalue weighted by Gasteiger charge is 2.14. The first-order chi connectivity index (χ1) is 7.27. The van der Waals surface area contributed by atoms with Crippen molar-refractivity contribution in [3.63, 3.8) is 0 Å². The van der Waals surface area contributed by atoms with Crippen LogP contribution in [0.25, 0.3) is 10.9 Å². The summed E-state index contributed by atoms with van der Waals surface area (Å²) in [4.78, 5) is 11.9. The minimum absolute atomic E-state index is 0.105. The molecule has 0 aliphatic carbocycles. The number of hydrogen-bond acceptors (Lipinski definition) is 2. The molecular weight excluding hydrogens is 190 g/mol. The molecule has 1 aromatic heterocycles. The molecule has 1 aromatic carbocycles. The Labute approximate surface area is 86.9 Å². The predicted molar refractivity (Wildman–Crippen MR) is 58.4 cm³/mol. The van der Waals surface area contributed by atoms with Crippen LogP contribution in [0.3, 0.4) is 0 Å². The molecule has 0 saturated carbocycles. The van der Waals surface area contributed by atoms with Gasteiger partial charge in [-0.15, -0.1) is 0 Å². The van der Waals surface area contributed by atoms with Gasteiger partial charge >= 0.3 is 0 Å². The first kappa shape index (κ1) is 8.53. The zero-order valence-electron chi connectivity index (χ0n) is 8.49. The lowest BCUT2D eigenvalue weighted by atomic mass is 10.1. The van der Waals surface area contributed by atoms with E-state index in [0.717, 1.165) is 28.8 Å². The Hall–Kier alpha value is -1.77. The third kappa shape index (κ3) is 1.09. The molecule has 0 N–H and O–H groups in total. The minimum Gasteiger partial charge on any atom is -0.490 e. The fourth-order valence-electron chi connectivity index (χ4n) is 2.12. The number of para-hydroxylation sites is 1. The standard InChI is InChI=1S/C12H11NO2/c1-8-7-13-5-6-15-10-4-2-3-9(11(10)13)12(8)14/h2-4,7H,5-6H2,1H3. The molecule has 0 radical (unpaired) electrons. The molecule has 2 heterocycles.